The third-order valence-corrected chi connectivity index (χ3v) is 2.18. The zero-order valence-corrected chi connectivity index (χ0v) is 11.6. The molecule has 6 nitrogen and oxygen atoms in total. The zero-order valence-electron chi connectivity index (χ0n) is 11.6. The second-order valence-electron chi connectivity index (χ2n) is 4.51. The van der Waals surface area contributed by atoms with Crippen LogP contribution >= 0.6 is 0 Å². The summed E-state index contributed by atoms with van der Waals surface area (Å²) < 4.78 is 4.69. The fourth-order valence-electron chi connectivity index (χ4n) is 1.36. The van der Waals surface area contributed by atoms with Crippen molar-refractivity contribution >= 4 is 17.8 Å². The number of carbonyl (C=O) groups is 3. The number of rotatable bonds is 8. The van der Waals surface area contributed by atoms with Crippen molar-refractivity contribution in [3.05, 3.63) is 12.2 Å². The number of amides is 2. The van der Waals surface area contributed by atoms with Gasteiger partial charge in [-0.15, -0.1) is 0 Å². The molecule has 0 fully saturated rings. The second-order valence-corrected chi connectivity index (χ2v) is 4.51. The van der Waals surface area contributed by atoms with E-state index in [1.54, 1.807) is 6.92 Å². The van der Waals surface area contributed by atoms with Gasteiger partial charge in [0.25, 0.3) is 0 Å². The molecule has 0 rings (SSSR count). The van der Waals surface area contributed by atoms with E-state index in [9.17, 15) is 14.4 Å². The first-order valence-electron chi connectivity index (χ1n) is 6.28. The van der Waals surface area contributed by atoms with Crippen molar-refractivity contribution in [3.8, 4) is 0 Å². The molecule has 2 amide bonds. The predicted octanol–water partition coefficient (Wildman–Crippen LogP) is 0.512. The van der Waals surface area contributed by atoms with Gasteiger partial charge in [0.1, 0.15) is 6.04 Å². The monoisotopic (exact) mass is 270 g/mol. The molecule has 0 spiro atoms. The Bertz CT molecular complexity index is 351. The van der Waals surface area contributed by atoms with Crippen LogP contribution in [0.2, 0.25) is 0 Å². The van der Waals surface area contributed by atoms with E-state index in [-0.39, 0.29) is 24.9 Å². The fourth-order valence-corrected chi connectivity index (χ4v) is 1.36. The first kappa shape index (κ1) is 17.2. The molecule has 0 radical (unpaired) electrons. The topological polar surface area (TPSA) is 98.5 Å². The van der Waals surface area contributed by atoms with E-state index >= 15 is 0 Å². The summed E-state index contributed by atoms with van der Waals surface area (Å²) in [5.41, 5.74) is 5.19. The van der Waals surface area contributed by atoms with Crippen molar-refractivity contribution in [2.24, 2.45) is 11.7 Å². The molecule has 0 aromatic rings. The minimum Gasteiger partial charge on any atom is -0.463 e. The van der Waals surface area contributed by atoms with E-state index in [1.165, 1.54) is 12.2 Å². The van der Waals surface area contributed by atoms with Crippen LogP contribution in [0.25, 0.3) is 0 Å². The molecule has 0 aromatic heterocycles. The van der Waals surface area contributed by atoms with E-state index in [4.69, 9.17) is 5.73 Å². The fraction of sp³-hybridized carbons (Fsp3) is 0.615. The Kier molecular flexibility index (Phi) is 8.24. The summed E-state index contributed by atoms with van der Waals surface area (Å²) in [7, 11) is 0. The molecule has 0 aromatic carbocycles. The third kappa shape index (κ3) is 8.82. The quantitative estimate of drug-likeness (QED) is 0.496. The van der Waals surface area contributed by atoms with Gasteiger partial charge in [0.05, 0.1) is 6.61 Å². The Labute approximate surface area is 113 Å². The second kappa shape index (κ2) is 9.13. The molecule has 0 aliphatic heterocycles. The summed E-state index contributed by atoms with van der Waals surface area (Å²) in [6.45, 7) is 5.79. The number of carbonyl (C=O) groups excluding carboxylic acids is 3. The van der Waals surface area contributed by atoms with Gasteiger partial charge in [-0.1, -0.05) is 19.9 Å². The highest BCUT2D eigenvalue weighted by atomic mass is 16.5. The van der Waals surface area contributed by atoms with Crippen molar-refractivity contribution < 1.29 is 19.1 Å². The molecule has 0 unspecified atom stereocenters. The average molecular weight is 270 g/mol. The molecule has 0 aliphatic rings. The van der Waals surface area contributed by atoms with Gasteiger partial charge < -0.3 is 15.8 Å². The van der Waals surface area contributed by atoms with Crippen molar-refractivity contribution in [2.45, 2.75) is 39.7 Å². The van der Waals surface area contributed by atoms with Crippen molar-refractivity contribution in [1.29, 1.82) is 0 Å². The Morgan fingerprint density at radius 3 is 2.42 bits per heavy atom. The molecule has 1 atom stereocenters. The summed E-state index contributed by atoms with van der Waals surface area (Å²) in [6, 6.07) is -0.808. The molecular weight excluding hydrogens is 248 g/mol. The number of hydrogen-bond acceptors (Lipinski definition) is 4. The van der Waals surface area contributed by atoms with Crippen LogP contribution in [0.5, 0.6) is 0 Å². The number of esters is 1. The smallest absolute Gasteiger partial charge is 0.330 e. The molecule has 0 aliphatic carbocycles. The summed E-state index contributed by atoms with van der Waals surface area (Å²) in [5.74, 6) is -1.16. The highest BCUT2D eigenvalue weighted by Gasteiger charge is 2.17. The first-order valence-corrected chi connectivity index (χ1v) is 6.28. The van der Waals surface area contributed by atoms with Crippen LogP contribution in [0.1, 0.15) is 33.6 Å². The number of primary amides is 1. The van der Waals surface area contributed by atoms with Crippen molar-refractivity contribution in [1.82, 2.24) is 5.32 Å². The van der Waals surface area contributed by atoms with Crippen LogP contribution in [-0.4, -0.2) is 30.4 Å². The number of nitrogens with one attached hydrogen (secondary N) is 1. The van der Waals surface area contributed by atoms with Crippen LogP contribution < -0.4 is 11.1 Å². The van der Waals surface area contributed by atoms with Gasteiger partial charge in [-0.05, 0) is 19.3 Å². The maximum atomic E-state index is 11.5. The predicted molar refractivity (Wildman–Crippen MR) is 71.0 cm³/mol. The van der Waals surface area contributed by atoms with E-state index in [1.807, 2.05) is 13.8 Å². The minimum absolute atomic E-state index is 0.165. The van der Waals surface area contributed by atoms with Crippen molar-refractivity contribution in [3.63, 3.8) is 0 Å². The van der Waals surface area contributed by atoms with Crippen LogP contribution in [0, 0.1) is 5.92 Å². The van der Waals surface area contributed by atoms with Crippen LogP contribution in [0.4, 0.5) is 0 Å². The van der Waals surface area contributed by atoms with Crippen molar-refractivity contribution in [2.75, 3.05) is 6.61 Å². The molecule has 108 valence electrons. The van der Waals surface area contributed by atoms with Crippen LogP contribution in [0.3, 0.4) is 0 Å². The summed E-state index contributed by atoms with van der Waals surface area (Å²) >= 11 is 0. The Hall–Kier alpha value is -1.85. The lowest BCUT2D eigenvalue weighted by Crippen LogP contribution is -2.44. The number of nitrogens with two attached hydrogens (primary N) is 1. The van der Waals surface area contributed by atoms with E-state index in [0.717, 1.165) is 0 Å². The lowest BCUT2D eigenvalue weighted by atomic mass is 10.1. The molecular formula is C13H22N2O4. The summed E-state index contributed by atoms with van der Waals surface area (Å²) in [4.78, 5) is 33.8. The van der Waals surface area contributed by atoms with Gasteiger partial charge in [-0.2, -0.15) is 0 Å². The molecule has 0 saturated carbocycles. The maximum absolute atomic E-state index is 11.5. The molecule has 3 N–H and O–H groups in total. The van der Waals surface area contributed by atoms with Gasteiger partial charge in [-0.25, -0.2) is 4.79 Å². The largest absolute Gasteiger partial charge is 0.463 e. The molecule has 0 heterocycles. The third-order valence-electron chi connectivity index (χ3n) is 2.18. The highest BCUT2D eigenvalue weighted by Crippen LogP contribution is 2.01. The van der Waals surface area contributed by atoms with Gasteiger partial charge in [0, 0.05) is 12.5 Å². The minimum atomic E-state index is -0.808. The van der Waals surface area contributed by atoms with E-state index in [0.29, 0.717) is 6.42 Å². The molecule has 6 heteroatoms. The van der Waals surface area contributed by atoms with Gasteiger partial charge in [0.15, 0.2) is 0 Å². The molecule has 0 saturated heterocycles. The van der Waals surface area contributed by atoms with Gasteiger partial charge in [-0.3, -0.25) is 9.59 Å². The highest BCUT2D eigenvalue weighted by molar-refractivity contribution is 5.87. The van der Waals surface area contributed by atoms with Crippen LogP contribution in [0.15, 0.2) is 12.2 Å². The molecule has 19 heavy (non-hydrogen) atoms. The Balaban J connectivity index is 4.31. The standard InChI is InChI=1S/C13H22N2O4/c1-4-19-12(17)7-5-6-10(13(14)18)15-11(16)8-9(2)3/h5,7,9-10H,4,6,8H2,1-3H3,(H2,14,18)(H,15,16)/b7-5+/t10-/m1/s1. The lowest BCUT2D eigenvalue weighted by molar-refractivity contribution is -0.137. The van der Waals surface area contributed by atoms with E-state index < -0.39 is 17.9 Å². The Morgan fingerprint density at radius 2 is 1.95 bits per heavy atom. The summed E-state index contributed by atoms with van der Waals surface area (Å²) in [5, 5.41) is 2.54. The first-order chi connectivity index (χ1) is 8.86. The summed E-state index contributed by atoms with van der Waals surface area (Å²) in [6.07, 6.45) is 3.17. The number of ether oxygens (including phenoxy) is 1. The lowest BCUT2D eigenvalue weighted by Gasteiger charge is -2.14. The van der Waals surface area contributed by atoms with Crippen LogP contribution in [-0.2, 0) is 19.1 Å². The average Bonchev–Trinajstić information content (AvgIpc) is 2.26. The van der Waals surface area contributed by atoms with E-state index in [2.05, 4.69) is 10.1 Å². The zero-order chi connectivity index (χ0) is 14.8. The van der Waals surface area contributed by atoms with Gasteiger partial charge in [0.2, 0.25) is 11.8 Å². The maximum Gasteiger partial charge on any atom is 0.330 e. The normalized spacial score (nSPS) is 12.4. The molecule has 0 bridgehead atoms. The number of hydrogen-bond donors (Lipinski definition) is 2. The Morgan fingerprint density at radius 1 is 1.32 bits per heavy atom. The SMILES string of the molecule is CCOC(=O)/C=C/C[C@@H](NC(=O)CC(C)C)C(N)=O. The van der Waals surface area contributed by atoms with Gasteiger partial charge >= 0.3 is 5.97 Å².